The number of rotatable bonds is 4. The van der Waals surface area contributed by atoms with E-state index in [4.69, 9.17) is 0 Å². The molecule has 1 heterocycles. The summed E-state index contributed by atoms with van der Waals surface area (Å²) in [6.45, 7) is 1.82. The molecule has 110 valence electrons. The van der Waals surface area contributed by atoms with E-state index in [-0.39, 0.29) is 16.3 Å². The molecule has 1 aromatic carbocycles. The number of carbonyl (C=O) groups excluding carboxylic acids is 1. The van der Waals surface area contributed by atoms with E-state index in [1.807, 2.05) is 6.92 Å². The topological polar surface area (TPSA) is 85.4 Å². The fourth-order valence-electron chi connectivity index (χ4n) is 1.76. The fraction of sp³-hybridized carbons (Fsp3) is 0.143. The van der Waals surface area contributed by atoms with Crippen LogP contribution < -0.4 is 4.72 Å². The first kappa shape index (κ1) is 15.0. The number of aryl methyl sites for hydroxylation is 1. The largest absolute Gasteiger partial charge is 0.465 e. The molecule has 0 unspecified atom stereocenters. The van der Waals surface area contributed by atoms with E-state index in [2.05, 4.69) is 14.4 Å². The van der Waals surface area contributed by atoms with Crippen LogP contribution in [-0.2, 0) is 14.8 Å². The van der Waals surface area contributed by atoms with Gasteiger partial charge in [-0.05, 0) is 36.8 Å². The highest BCUT2D eigenvalue weighted by Crippen LogP contribution is 2.19. The molecule has 2 aromatic rings. The molecule has 0 spiro atoms. The van der Waals surface area contributed by atoms with Crippen molar-refractivity contribution in [3.8, 4) is 0 Å². The van der Waals surface area contributed by atoms with E-state index >= 15 is 0 Å². The number of carbonyl (C=O) groups is 1. The Morgan fingerprint density at radius 2 is 1.95 bits per heavy atom. The highest BCUT2D eigenvalue weighted by molar-refractivity contribution is 7.92. The van der Waals surface area contributed by atoms with Crippen molar-refractivity contribution in [2.75, 3.05) is 11.8 Å². The molecule has 0 saturated heterocycles. The lowest BCUT2D eigenvalue weighted by Gasteiger charge is -2.10. The van der Waals surface area contributed by atoms with Crippen molar-refractivity contribution in [2.24, 2.45) is 0 Å². The molecular formula is C14H14N2O4S. The van der Waals surface area contributed by atoms with Crippen molar-refractivity contribution < 1.29 is 17.9 Å². The molecule has 0 amide bonds. The third-order valence-corrected chi connectivity index (χ3v) is 4.15. The molecule has 0 fully saturated rings. The van der Waals surface area contributed by atoms with Crippen LogP contribution in [0.4, 0.5) is 5.82 Å². The maximum Gasteiger partial charge on any atom is 0.339 e. The number of anilines is 1. The number of aromatic nitrogens is 1. The minimum absolute atomic E-state index is 0.0276. The standard InChI is InChI=1S/C14H14N2O4S/c1-10-7-8-15-13(9-10)16-21(18,19)12-6-4-3-5-11(12)14(17)20-2/h3-9H,1-2H3,(H,15,16). The summed E-state index contributed by atoms with van der Waals surface area (Å²) in [5, 5.41) is 0. The molecule has 1 aromatic heterocycles. The molecule has 6 nitrogen and oxygen atoms in total. The Kier molecular flexibility index (Phi) is 4.23. The van der Waals surface area contributed by atoms with Gasteiger partial charge in [-0.2, -0.15) is 0 Å². The van der Waals surface area contributed by atoms with Gasteiger partial charge in [0.2, 0.25) is 0 Å². The number of pyridine rings is 1. The first-order chi connectivity index (χ1) is 9.94. The van der Waals surface area contributed by atoms with E-state index in [0.717, 1.165) is 5.56 Å². The quantitative estimate of drug-likeness (QED) is 0.873. The number of nitrogens with one attached hydrogen (secondary N) is 1. The third-order valence-electron chi connectivity index (χ3n) is 2.74. The number of hydrogen-bond acceptors (Lipinski definition) is 5. The van der Waals surface area contributed by atoms with Crippen LogP contribution in [0, 0.1) is 6.92 Å². The first-order valence-electron chi connectivity index (χ1n) is 6.07. The maximum absolute atomic E-state index is 12.4. The van der Waals surface area contributed by atoms with E-state index in [9.17, 15) is 13.2 Å². The second kappa shape index (κ2) is 5.92. The SMILES string of the molecule is COC(=O)c1ccccc1S(=O)(=O)Nc1cc(C)ccn1. The Balaban J connectivity index is 2.43. The number of sulfonamides is 1. The Morgan fingerprint density at radius 1 is 1.24 bits per heavy atom. The summed E-state index contributed by atoms with van der Waals surface area (Å²) in [6.07, 6.45) is 1.50. The smallest absolute Gasteiger partial charge is 0.339 e. The predicted molar refractivity (Wildman–Crippen MR) is 77.6 cm³/mol. The van der Waals surface area contributed by atoms with Crippen molar-refractivity contribution in [1.82, 2.24) is 4.98 Å². The van der Waals surface area contributed by atoms with Crippen molar-refractivity contribution in [1.29, 1.82) is 0 Å². The molecule has 0 saturated carbocycles. The molecule has 0 aliphatic heterocycles. The Morgan fingerprint density at radius 3 is 2.62 bits per heavy atom. The van der Waals surface area contributed by atoms with E-state index in [1.54, 1.807) is 18.2 Å². The number of methoxy groups -OCH3 is 1. The predicted octanol–water partition coefficient (Wildman–Crippen LogP) is 1.98. The minimum Gasteiger partial charge on any atom is -0.465 e. The van der Waals surface area contributed by atoms with Crippen molar-refractivity contribution in [2.45, 2.75) is 11.8 Å². The number of hydrogen-bond donors (Lipinski definition) is 1. The van der Waals surface area contributed by atoms with Gasteiger partial charge in [0.25, 0.3) is 10.0 Å². The summed E-state index contributed by atoms with van der Waals surface area (Å²) in [5.74, 6) is -0.525. The zero-order valence-corrected chi connectivity index (χ0v) is 12.3. The van der Waals surface area contributed by atoms with Gasteiger partial charge in [0, 0.05) is 6.20 Å². The molecule has 0 aliphatic rings. The third kappa shape index (κ3) is 3.38. The average Bonchev–Trinajstić information content (AvgIpc) is 2.46. The number of benzene rings is 1. The van der Waals surface area contributed by atoms with Gasteiger partial charge in [0.05, 0.1) is 12.7 Å². The van der Waals surface area contributed by atoms with Gasteiger partial charge >= 0.3 is 5.97 Å². The van der Waals surface area contributed by atoms with Gasteiger partial charge in [-0.25, -0.2) is 18.2 Å². The zero-order valence-electron chi connectivity index (χ0n) is 11.5. The van der Waals surface area contributed by atoms with Gasteiger partial charge in [-0.15, -0.1) is 0 Å². The van der Waals surface area contributed by atoms with Crippen LogP contribution in [0.5, 0.6) is 0 Å². The van der Waals surface area contributed by atoms with Crippen LogP contribution in [0.25, 0.3) is 0 Å². The van der Waals surface area contributed by atoms with Gasteiger partial charge in [-0.3, -0.25) is 4.72 Å². The number of ether oxygens (including phenoxy) is 1. The second-order valence-corrected chi connectivity index (χ2v) is 5.96. The maximum atomic E-state index is 12.4. The van der Waals surface area contributed by atoms with Gasteiger partial charge in [0.15, 0.2) is 0 Å². The van der Waals surface area contributed by atoms with Crippen LogP contribution >= 0.6 is 0 Å². The summed E-state index contributed by atoms with van der Waals surface area (Å²) >= 11 is 0. The molecular weight excluding hydrogens is 292 g/mol. The normalized spacial score (nSPS) is 11.0. The van der Waals surface area contributed by atoms with Crippen LogP contribution in [0.15, 0.2) is 47.5 Å². The fourth-order valence-corrected chi connectivity index (χ4v) is 2.96. The van der Waals surface area contributed by atoms with E-state index in [0.29, 0.717) is 0 Å². The van der Waals surface area contributed by atoms with E-state index in [1.165, 1.54) is 31.5 Å². The molecule has 21 heavy (non-hydrogen) atoms. The van der Waals surface area contributed by atoms with Gasteiger partial charge in [-0.1, -0.05) is 12.1 Å². The van der Waals surface area contributed by atoms with Crippen LogP contribution in [-0.4, -0.2) is 26.5 Å². The molecule has 0 bridgehead atoms. The average molecular weight is 306 g/mol. The molecule has 1 N–H and O–H groups in total. The number of nitrogens with zero attached hydrogens (tertiary/aromatic N) is 1. The summed E-state index contributed by atoms with van der Waals surface area (Å²) in [5.41, 5.74) is 0.837. The molecule has 0 radical (unpaired) electrons. The van der Waals surface area contributed by atoms with Gasteiger partial charge in [0.1, 0.15) is 10.7 Å². The summed E-state index contributed by atoms with van der Waals surface area (Å²) in [6, 6.07) is 9.17. The monoisotopic (exact) mass is 306 g/mol. The van der Waals surface area contributed by atoms with Crippen molar-refractivity contribution in [3.05, 3.63) is 53.7 Å². The molecule has 0 atom stereocenters. The summed E-state index contributed by atoms with van der Waals surface area (Å²) in [4.78, 5) is 15.4. The van der Waals surface area contributed by atoms with Crippen LogP contribution in [0.2, 0.25) is 0 Å². The Hall–Kier alpha value is -2.41. The lowest BCUT2D eigenvalue weighted by atomic mass is 10.2. The van der Waals surface area contributed by atoms with Crippen molar-refractivity contribution >= 4 is 21.8 Å². The highest BCUT2D eigenvalue weighted by Gasteiger charge is 2.22. The first-order valence-corrected chi connectivity index (χ1v) is 7.55. The van der Waals surface area contributed by atoms with Crippen LogP contribution in [0.1, 0.15) is 15.9 Å². The zero-order chi connectivity index (χ0) is 15.5. The molecule has 7 heteroatoms. The van der Waals surface area contributed by atoms with Gasteiger partial charge < -0.3 is 4.74 Å². The second-order valence-electron chi connectivity index (χ2n) is 4.31. The minimum atomic E-state index is -3.93. The Bertz CT molecular complexity index is 772. The lowest BCUT2D eigenvalue weighted by molar-refractivity contribution is 0.0596. The summed E-state index contributed by atoms with van der Waals surface area (Å²) in [7, 11) is -2.73. The summed E-state index contributed by atoms with van der Waals surface area (Å²) < 4.78 is 31.7. The lowest BCUT2D eigenvalue weighted by Crippen LogP contribution is -2.18. The van der Waals surface area contributed by atoms with Crippen molar-refractivity contribution in [3.63, 3.8) is 0 Å². The highest BCUT2D eigenvalue weighted by atomic mass is 32.2. The Labute approximate surface area is 122 Å². The van der Waals surface area contributed by atoms with E-state index < -0.39 is 16.0 Å². The number of esters is 1. The molecule has 2 rings (SSSR count). The molecule has 0 aliphatic carbocycles. The van der Waals surface area contributed by atoms with Crippen LogP contribution in [0.3, 0.4) is 0 Å².